The van der Waals surface area contributed by atoms with Gasteiger partial charge in [0, 0.05) is 5.70 Å². The molecule has 0 spiro atoms. The molecule has 0 bridgehead atoms. The Labute approximate surface area is 290 Å². The highest BCUT2D eigenvalue weighted by atomic mass is 79.9. The Balaban J connectivity index is 1.18. The molecule has 3 N–H and O–H groups in total. The monoisotopic (exact) mass is 734 g/mol. The number of urea groups is 1. The summed E-state index contributed by atoms with van der Waals surface area (Å²) < 4.78 is 23.0. The maximum atomic E-state index is 12.6. The molecule has 0 unspecified atom stereocenters. The van der Waals surface area contributed by atoms with Crippen LogP contribution in [-0.2, 0) is 20.9 Å². The van der Waals surface area contributed by atoms with Gasteiger partial charge in [-0.3, -0.25) is 4.79 Å². The lowest BCUT2D eigenvalue weighted by atomic mass is 9.95. The predicted molar refractivity (Wildman–Crippen MR) is 185 cm³/mol. The van der Waals surface area contributed by atoms with Gasteiger partial charge in [0.15, 0.2) is 23.9 Å². The Kier molecular flexibility index (Phi) is 11.2. The van der Waals surface area contributed by atoms with Crippen LogP contribution >= 0.6 is 27.5 Å². The third-order valence-electron chi connectivity index (χ3n) is 7.32. The van der Waals surface area contributed by atoms with Crippen LogP contribution in [0.2, 0.25) is 5.02 Å². The third-order valence-corrected chi connectivity index (χ3v) is 8.19. The number of fused-ring (bicyclic) bond motifs is 1. The molecule has 1 atom stereocenters. The van der Waals surface area contributed by atoms with Gasteiger partial charge in [-0.05, 0) is 81.5 Å². The second-order valence-electron chi connectivity index (χ2n) is 10.5. The van der Waals surface area contributed by atoms with E-state index in [1.54, 1.807) is 44.2 Å². The number of esters is 1. The summed E-state index contributed by atoms with van der Waals surface area (Å²) in [7, 11) is 1.44. The number of carbonyl (C=O) groups excluding carboxylic acids is 3. The highest BCUT2D eigenvalue weighted by molar-refractivity contribution is 9.10. The Morgan fingerprint density at radius 3 is 2.60 bits per heavy atom. The standard InChI is InChI=1S/C35H32BrClN4O7/c1-4-46-34(43)31-20(2)39-35(44)40-32(31)23-12-13-28(29(16-23)45-3)47-19-30(42)41-38-17-21-14-26(36)33(27(37)15-21)48-18-24-10-7-9-22-8-5-6-11-25(22)24/h5-17,32H,4,18-19H2,1-3H3,(H,41,42)(H2,39,40,44)/b38-17-/t32-/m1/s1. The van der Waals surface area contributed by atoms with Gasteiger partial charge in [-0.15, -0.1) is 0 Å². The number of amides is 3. The fraction of sp³-hybridized carbons (Fsp3) is 0.200. The van der Waals surface area contributed by atoms with Crippen LogP contribution in [0.5, 0.6) is 17.2 Å². The lowest BCUT2D eigenvalue weighted by Crippen LogP contribution is -2.45. The van der Waals surface area contributed by atoms with Gasteiger partial charge in [0.1, 0.15) is 6.61 Å². The van der Waals surface area contributed by atoms with E-state index in [0.29, 0.717) is 44.4 Å². The minimum absolute atomic E-state index is 0.179. The molecule has 0 aromatic heterocycles. The topological polar surface area (TPSA) is 137 Å². The maximum Gasteiger partial charge on any atom is 0.338 e. The number of allylic oxidation sites excluding steroid dienone is 1. The van der Waals surface area contributed by atoms with E-state index in [2.05, 4.69) is 55.3 Å². The Bertz CT molecular complexity index is 1900. The van der Waals surface area contributed by atoms with Gasteiger partial charge in [0.05, 0.1) is 41.0 Å². The van der Waals surface area contributed by atoms with Crippen LogP contribution in [-0.4, -0.2) is 44.4 Å². The summed E-state index contributed by atoms with van der Waals surface area (Å²) in [5.41, 5.74) is 5.28. The number of hydrogen-bond donors (Lipinski definition) is 3. The fourth-order valence-corrected chi connectivity index (χ4v) is 6.11. The molecule has 0 saturated heterocycles. The Hall–Kier alpha value is -5.07. The van der Waals surface area contributed by atoms with E-state index < -0.39 is 23.9 Å². The van der Waals surface area contributed by atoms with E-state index in [-0.39, 0.29) is 24.5 Å². The van der Waals surface area contributed by atoms with Crippen LogP contribution in [0.4, 0.5) is 4.79 Å². The normalized spacial score (nSPS) is 14.4. The molecule has 1 aliphatic heterocycles. The average molecular weight is 736 g/mol. The molecular formula is C35H32BrClN4O7. The van der Waals surface area contributed by atoms with Crippen LogP contribution in [0, 0.1) is 0 Å². The SMILES string of the molecule is CCOC(=O)C1=C(C)NC(=O)N[C@@H]1c1ccc(OCC(=O)N/N=C\c2cc(Cl)c(OCc3cccc4ccccc34)c(Br)c2)c(OC)c1. The number of nitrogens with zero attached hydrogens (tertiary/aromatic N) is 1. The van der Waals surface area contributed by atoms with Gasteiger partial charge in [-0.25, -0.2) is 15.0 Å². The minimum atomic E-state index is -0.781. The largest absolute Gasteiger partial charge is 0.493 e. The van der Waals surface area contributed by atoms with Crippen molar-refractivity contribution in [3.05, 3.63) is 110 Å². The summed E-state index contributed by atoms with van der Waals surface area (Å²) in [5.74, 6) is -0.0235. The van der Waals surface area contributed by atoms with E-state index >= 15 is 0 Å². The van der Waals surface area contributed by atoms with Crippen molar-refractivity contribution in [2.24, 2.45) is 5.10 Å². The summed E-state index contributed by atoms with van der Waals surface area (Å²) in [4.78, 5) is 37.3. The van der Waals surface area contributed by atoms with Gasteiger partial charge in [0.2, 0.25) is 0 Å². The van der Waals surface area contributed by atoms with Crippen molar-refractivity contribution >= 4 is 62.4 Å². The molecule has 0 fully saturated rings. The van der Waals surface area contributed by atoms with Crippen LogP contribution in [0.3, 0.4) is 0 Å². The molecule has 3 amide bonds. The van der Waals surface area contributed by atoms with E-state index in [1.165, 1.54) is 13.3 Å². The molecule has 0 aliphatic carbocycles. The highest BCUT2D eigenvalue weighted by Gasteiger charge is 2.32. The molecule has 1 heterocycles. The lowest BCUT2D eigenvalue weighted by molar-refractivity contribution is -0.139. The zero-order valence-corrected chi connectivity index (χ0v) is 28.6. The molecule has 5 rings (SSSR count). The molecule has 11 nitrogen and oxygen atoms in total. The van der Waals surface area contributed by atoms with Crippen molar-refractivity contribution in [3.63, 3.8) is 0 Å². The smallest absolute Gasteiger partial charge is 0.338 e. The number of rotatable bonds is 12. The third kappa shape index (κ3) is 8.07. The molecule has 0 saturated carbocycles. The molecule has 13 heteroatoms. The van der Waals surface area contributed by atoms with Crippen molar-refractivity contribution in [1.29, 1.82) is 0 Å². The summed E-state index contributed by atoms with van der Waals surface area (Å²) in [6, 6.07) is 21.2. The maximum absolute atomic E-state index is 12.6. The van der Waals surface area contributed by atoms with Crippen molar-refractivity contribution in [2.45, 2.75) is 26.5 Å². The quantitative estimate of drug-likeness (QED) is 0.0852. The summed E-state index contributed by atoms with van der Waals surface area (Å²) >= 11 is 10.1. The van der Waals surface area contributed by atoms with Crippen LogP contribution in [0.15, 0.2) is 93.6 Å². The number of halogens is 2. The van der Waals surface area contributed by atoms with Gasteiger partial charge < -0.3 is 29.6 Å². The first-order valence-electron chi connectivity index (χ1n) is 14.8. The van der Waals surface area contributed by atoms with Crippen molar-refractivity contribution in [2.75, 3.05) is 20.3 Å². The number of carbonyl (C=O) groups is 3. The Morgan fingerprint density at radius 1 is 1.04 bits per heavy atom. The second-order valence-corrected chi connectivity index (χ2v) is 11.8. The molecule has 4 aromatic rings. The van der Waals surface area contributed by atoms with Crippen LogP contribution in [0.25, 0.3) is 10.8 Å². The van der Waals surface area contributed by atoms with Crippen molar-refractivity contribution in [3.8, 4) is 17.2 Å². The predicted octanol–water partition coefficient (Wildman–Crippen LogP) is 6.56. The van der Waals surface area contributed by atoms with Gasteiger partial charge in [0.25, 0.3) is 5.91 Å². The number of hydrazone groups is 1. The average Bonchev–Trinajstić information content (AvgIpc) is 3.06. The summed E-state index contributed by atoms with van der Waals surface area (Å²) in [5, 5.41) is 12.0. The number of nitrogens with one attached hydrogen (secondary N) is 3. The molecule has 1 aliphatic rings. The number of methoxy groups -OCH3 is 1. The van der Waals surface area contributed by atoms with Gasteiger partial charge in [-0.2, -0.15) is 5.10 Å². The summed E-state index contributed by atoms with van der Waals surface area (Å²) in [6.45, 7) is 3.47. The van der Waals surface area contributed by atoms with E-state index in [4.69, 9.17) is 30.5 Å². The number of benzene rings is 4. The Morgan fingerprint density at radius 2 is 1.83 bits per heavy atom. The molecular weight excluding hydrogens is 704 g/mol. The number of ether oxygens (including phenoxy) is 4. The molecule has 0 radical (unpaired) electrons. The van der Waals surface area contributed by atoms with Crippen LogP contribution < -0.4 is 30.3 Å². The molecule has 48 heavy (non-hydrogen) atoms. The van der Waals surface area contributed by atoms with Gasteiger partial charge >= 0.3 is 12.0 Å². The first-order valence-corrected chi connectivity index (χ1v) is 16.0. The first kappa shape index (κ1) is 34.3. The van der Waals surface area contributed by atoms with Crippen LogP contribution in [0.1, 0.15) is 36.6 Å². The highest BCUT2D eigenvalue weighted by Crippen LogP contribution is 2.36. The van der Waals surface area contributed by atoms with Gasteiger partial charge in [-0.1, -0.05) is 60.1 Å². The zero-order chi connectivity index (χ0) is 34.2. The van der Waals surface area contributed by atoms with Crippen molar-refractivity contribution in [1.82, 2.24) is 16.1 Å². The molecule has 248 valence electrons. The molecule has 4 aromatic carbocycles. The van der Waals surface area contributed by atoms with E-state index in [9.17, 15) is 14.4 Å². The minimum Gasteiger partial charge on any atom is -0.493 e. The van der Waals surface area contributed by atoms with E-state index in [0.717, 1.165) is 16.3 Å². The van der Waals surface area contributed by atoms with Crippen molar-refractivity contribution < 1.29 is 33.3 Å². The zero-order valence-electron chi connectivity index (χ0n) is 26.3. The lowest BCUT2D eigenvalue weighted by Gasteiger charge is -2.28. The first-order chi connectivity index (χ1) is 23.2. The second kappa shape index (κ2) is 15.7. The number of hydrogen-bond acceptors (Lipinski definition) is 8. The van der Waals surface area contributed by atoms with E-state index in [1.807, 2.05) is 24.3 Å². The summed E-state index contributed by atoms with van der Waals surface area (Å²) in [6.07, 6.45) is 1.45. The fourth-order valence-electron chi connectivity index (χ4n) is 5.12.